The second-order valence-electron chi connectivity index (χ2n) is 9.28. The van der Waals surface area contributed by atoms with Crippen molar-refractivity contribution in [1.82, 2.24) is 14.3 Å². The first-order valence-corrected chi connectivity index (χ1v) is 13.1. The summed E-state index contributed by atoms with van der Waals surface area (Å²) in [6.45, 7) is 2.72. The van der Waals surface area contributed by atoms with Crippen LogP contribution in [0.1, 0.15) is 71.1 Å². The number of benzene rings is 1. The third kappa shape index (κ3) is 4.73. The predicted molar refractivity (Wildman–Crippen MR) is 121 cm³/mol. The van der Waals surface area contributed by atoms with Crippen molar-refractivity contribution in [3.05, 3.63) is 34.7 Å². The molecular weight excluding hydrogens is 414 g/mol. The van der Waals surface area contributed by atoms with Crippen LogP contribution < -0.4 is 10.4 Å². The van der Waals surface area contributed by atoms with E-state index in [1.54, 1.807) is 4.57 Å². The van der Waals surface area contributed by atoms with Crippen LogP contribution in [0.3, 0.4) is 0 Å². The average molecular weight is 448 g/mol. The van der Waals surface area contributed by atoms with Crippen molar-refractivity contribution in [2.75, 3.05) is 0 Å². The van der Waals surface area contributed by atoms with Gasteiger partial charge in [-0.3, -0.25) is 14.1 Å². The van der Waals surface area contributed by atoms with Crippen molar-refractivity contribution in [2.45, 2.75) is 82.4 Å². The first-order chi connectivity index (χ1) is 14.9. The Morgan fingerprint density at radius 1 is 1.16 bits per heavy atom. The van der Waals surface area contributed by atoms with Gasteiger partial charge in [-0.1, -0.05) is 51.2 Å². The fourth-order valence-corrected chi connectivity index (χ4v) is 6.39. The maximum atomic E-state index is 12.7. The minimum Gasteiger partial charge on any atom is -0.306 e. The molecule has 2 saturated carbocycles. The van der Waals surface area contributed by atoms with Crippen LogP contribution in [-0.4, -0.2) is 28.6 Å². The molecule has 1 aromatic carbocycles. The Morgan fingerprint density at radius 3 is 2.58 bits per heavy atom. The fraction of sp³-hybridized carbons (Fsp3) is 0.652. The highest BCUT2D eigenvalue weighted by Gasteiger charge is 2.55. The Bertz CT molecular complexity index is 1100. The molecule has 2 N–H and O–H groups in total. The number of aryl methyl sites for hydroxylation is 1. The second-order valence-corrected chi connectivity index (χ2v) is 11.4. The summed E-state index contributed by atoms with van der Waals surface area (Å²) in [5.74, 6) is -0.0589. The maximum absolute atomic E-state index is 12.7. The zero-order valence-corrected chi connectivity index (χ0v) is 19.0. The van der Waals surface area contributed by atoms with Crippen molar-refractivity contribution in [3.8, 4) is 0 Å². The number of carbonyl (C=O) groups is 1. The third-order valence-electron chi connectivity index (χ3n) is 7.09. The molecule has 0 radical (unpaired) electrons. The Kier molecular flexibility index (Phi) is 6.28. The number of carbonyl (C=O) groups excluding carboxylic acids is 1. The number of para-hydroxylation sites is 2. The number of hydrogen-bond donors (Lipinski definition) is 2. The number of sulfonamides is 1. The van der Waals surface area contributed by atoms with E-state index >= 15 is 0 Å². The molecule has 0 spiro atoms. The van der Waals surface area contributed by atoms with Crippen LogP contribution in [-0.2, 0) is 21.4 Å². The molecule has 0 bridgehead atoms. The second kappa shape index (κ2) is 8.81. The molecule has 1 unspecified atom stereocenters. The number of rotatable bonds is 12. The van der Waals surface area contributed by atoms with E-state index in [0.717, 1.165) is 56.0 Å². The summed E-state index contributed by atoms with van der Waals surface area (Å²) < 4.78 is 28.9. The number of imidazole rings is 1. The molecule has 1 amide bonds. The van der Waals surface area contributed by atoms with Crippen LogP contribution in [0, 0.1) is 11.8 Å². The predicted octanol–water partition coefficient (Wildman–Crippen LogP) is 3.69. The number of aromatic nitrogens is 2. The number of amides is 1. The molecular formula is C23H33N3O4S. The molecule has 4 rings (SSSR count). The van der Waals surface area contributed by atoms with Crippen molar-refractivity contribution in [3.63, 3.8) is 0 Å². The topological polar surface area (TPSA) is 101 Å². The molecule has 2 aromatic rings. The first kappa shape index (κ1) is 22.1. The third-order valence-corrected chi connectivity index (χ3v) is 9.31. The van der Waals surface area contributed by atoms with Gasteiger partial charge in [0.2, 0.25) is 15.9 Å². The minimum absolute atomic E-state index is 0.0689. The molecule has 170 valence electrons. The highest BCUT2D eigenvalue weighted by Crippen LogP contribution is 2.48. The van der Waals surface area contributed by atoms with E-state index in [-0.39, 0.29) is 17.5 Å². The standard InChI is InChI=1S/C23H33N3O4S/c1-2-17-16-18(17)21(27)25-31(29,30)23(13-14-23)12-8-4-3-5-9-15-26-20-11-7-6-10-19(20)24-22(26)28/h6-7,10-11,17-18H,2-5,8-9,12-16H2,1H3,(H,24,28)(H,25,27)/t17?,18-/m0/s1. The lowest BCUT2D eigenvalue weighted by molar-refractivity contribution is -0.120. The Labute approximate surface area is 183 Å². The summed E-state index contributed by atoms with van der Waals surface area (Å²) in [5, 5.41) is 0. The summed E-state index contributed by atoms with van der Waals surface area (Å²) in [6, 6.07) is 7.70. The van der Waals surface area contributed by atoms with E-state index in [9.17, 15) is 18.0 Å². The SMILES string of the molecule is CCC1C[C@@H]1C(=O)NS(=O)(=O)C1(CCCCCCCn2c(=O)[nH]c3ccccc32)CC1. The van der Waals surface area contributed by atoms with Gasteiger partial charge in [-0.05, 0) is 50.2 Å². The number of H-pyrrole nitrogens is 1. The van der Waals surface area contributed by atoms with Gasteiger partial charge in [0.05, 0.1) is 15.8 Å². The van der Waals surface area contributed by atoms with Gasteiger partial charge < -0.3 is 4.98 Å². The van der Waals surface area contributed by atoms with Crippen LogP contribution in [0.4, 0.5) is 0 Å². The number of fused-ring (bicyclic) bond motifs is 1. The molecule has 1 heterocycles. The Morgan fingerprint density at radius 2 is 1.87 bits per heavy atom. The van der Waals surface area contributed by atoms with Crippen LogP contribution in [0.15, 0.2) is 29.1 Å². The average Bonchev–Trinajstić information content (AvgIpc) is 3.64. The lowest BCUT2D eigenvalue weighted by Crippen LogP contribution is -2.40. The van der Waals surface area contributed by atoms with Crippen molar-refractivity contribution < 1.29 is 13.2 Å². The molecule has 0 saturated heterocycles. The van der Waals surface area contributed by atoms with Gasteiger partial charge in [-0.25, -0.2) is 13.2 Å². The zero-order chi connectivity index (χ0) is 22.1. The lowest BCUT2D eigenvalue weighted by atomic mass is 10.1. The van der Waals surface area contributed by atoms with Gasteiger partial charge in [0.15, 0.2) is 0 Å². The summed E-state index contributed by atoms with van der Waals surface area (Å²) in [5.41, 5.74) is 1.73. The number of nitrogens with one attached hydrogen (secondary N) is 2. The van der Waals surface area contributed by atoms with Gasteiger partial charge >= 0.3 is 5.69 Å². The molecule has 31 heavy (non-hydrogen) atoms. The summed E-state index contributed by atoms with van der Waals surface area (Å²) in [6.07, 6.45) is 8.43. The highest BCUT2D eigenvalue weighted by molar-refractivity contribution is 7.91. The smallest absolute Gasteiger partial charge is 0.306 e. The summed E-state index contributed by atoms with van der Waals surface area (Å²) in [7, 11) is -3.58. The van der Waals surface area contributed by atoms with Gasteiger partial charge in [-0.2, -0.15) is 0 Å². The molecule has 2 aliphatic carbocycles. The van der Waals surface area contributed by atoms with E-state index in [4.69, 9.17) is 0 Å². The van der Waals surface area contributed by atoms with Gasteiger partial charge in [0, 0.05) is 12.5 Å². The lowest BCUT2D eigenvalue weighted by Gasteiger charge is -2.17. The molecule has 0 aliphatic heterocycles. The Hall–Kier alpha value is -2.09. The fourth-order valence-electron chi connectivity index (χ4n) is 4.70. The van der Waals surface area contributed by atoms with Crippen molar-refractivity contribution in [1.29, 1.82) is 0 Å². The molecule has 2 fully saturated rings. The van der Waals surface area contributed by atoms with Gasteiger partial charge in [0.25, 0.3) is 0 Å². The molecule has 8 heteroatoms. The minimum atomic E-state index is -3.58. The van der Waals surface area contributed by atoms with E-state index < -0.39 is 14.8 Å². The van der Waals surface area contributed by atoms with Crippen LogP contribution in [0.2, 0.25) is 0 Å². The summed E-state index contributed by atoms with van der Waals surface area (Å²) >= 11 is 0. The Balaban J connectivity index is 1.16. The monoisotopic (exact) mass is 447 g/mol. The van der Waals surface area contributed by atoms with E-state index in [0.29, 0.717) is 31.7 Å². The molecule has 2 atom stereocenters. The number of unbranched alkanes of at least 4 members (excludes halogenated alkanes) is 4. The highest BCUT2D eigenvalue weighted by atomic mass is 32.2. The van der Waals surface area contributed by atoms with Gasteiger partial charge in [-0.15, -0.1) is 0 Å². The first-order valence-electron chi connectivity index (χ1n) is 11.6. The maximum Gasteiger partial charge on any atom is 0.326 e. The van der Waals surface area contributed by atoms with Crippen LogP contribution in [0.25, 0.3) is 11.0 Å². The van der Waals surface area contributed by atoms with E-state index in [2.05, 4.69) is 9.71 Å². The summed E-state index contributed by atoms with van der Waals surface area (Å²) in [4.78, 5) is 27.2. The molecule has 7 nitrogen and oxygen atoms in total. The number of hydrogen-bond acceptors (Lipinski definition) is 4. The normalized spacial score (nSPS) is 21.8. The van der Waals surface area contributed by atoms with Crippen molar-refractivity contribution >= 4 is 27.0 Å². The van der Waals surface area contributed by atoms with E-state index in [1.165, 1.54) is 0 Å². The van der Waals surface area contributed by atoms with Crippen molar-refractivity contribution in [2.24, 2.45) is 11.8 Å². The van der Waals surface area contributed by atoms with Crippen LogP contribution in [0.5, 0.6) is 0 Å². The number of aromatic amines is 1. The molecule has 2 aliphatic rings. The van der Waals surface area contributed by atoms with Crippen LogP contribution >= 0.6 is 0 Å². The van der Waals surface area contributed by atoms with Gasteiger partial charge in [0.1, 0.15) is 0 Å². The zero-order valence-electron chi connectivity index (χ0n) is 18.2. The number of nitrogens with zero attached hydrogens (tertiary/aromatic N) is 1. The molecule has 1 aromatic heterocycles. The van der Waals surface area contributed by atoms with E-state index in [1.807, 2.05) is 31.2 Å². The largest absolute Gasteiger partial charge is 0.326 e. The quantitative estimate of drug-likeness (QED) is 0.485.